The third-order valence-electron chi connectivity index (χ3n) is 5.83. The van der Waals surface area contributed by atoms with Gasteiger partial charge in [0.05, 0.1) is 10.8 Å². The highest BCUT2D eigenvalue weighted by atomic mass is 32.2. The van der Waals surface area contributed by atoms with E-state index in [4.69, 9.17) is 0 Å². The number of amides is 1. The first-order chi connectivity index (χ1) is 11.1. The van der Waals surface area contributed by atoms with Crippen molar-refractivity contribution in [2.24, 2.45) is 23.2 Å². The Morgan fingerprint density at radius 3 is 2.52 bits per heavy atom. The number of carbonyl (C=O) groups is 1. The largest absolute Gasteiger partial charge is 0.355 e. The van der Waals surface area contributed by atoms with E-state index >= 15 is 0 Å². The zero-order valence-electron chi connectivity index (χ0n) is 13.2. The van der Waals surface area contributed by atoms with Gasteiger partial charge in [0.2, 0.25) is 5.91 Å². The van der Waals surface area contributed by atoms with Crippen LogP contribution < -0.4 is 11.0 Å². The van der Waals surface area contributed by atoms with Crippen molar-refractivity contribution in [2.45, 2.75) is 43.6 Å². The number of carbonyl (C=O) groups excluding carboxylic acids is 1. The minimum Gasteiger partial charge on any atom is -0.355 e. The van der Waals surface area contributed by atoms with E-state index in [1.807, 2.05) is 0 Å². The predicted molar refractivity (Wildman–Crippen MR) is 89.2 cm³/mol. The molecule has 0 atom stereocenters. The van der Waals surface area contributed by atoms with E-state index < -0.39 is 0 Å². The molecule has 0 unspecified atom stereocenters. The zero-order valence-corrected chi connectivity index (χ0v) is 14.0. The molecule has 4 bridgehead atoms. The molecule has 6 heteroatoms. The Labute approximate surface area is 140 Å². The second kappa shape index (κ2) is 5.96. The van der Waals surface area contributed by atoms with E-state index in [1.165, 1.54) is 56.5 Å². The summed E-state index contributed by atoms with van der Waals surface area (Å²) in [5, 5.41) is 3.85. The summed E-state index contributed by atoms with van der Waals surface area (Å²) in [6.07, 6.45) is 9.68. The van der Waals surface area contributed by atoms with Crippen LogP contribution >= 0.6 is 11.8 Å². The molecule has 5 nitrogen and oxygen atoms in total. The van der Waals surface area contributed by atoms with Gasteiger partial charge in [0.25, 0.3) is 0 Å². The van der Waals surface area contributed by atoms with Crippen LogP contribution in [-0.4, -0.2) is 28.2 Å². The molecular formula is C17H23N3O2S. The molecule has 0 radical (unpaired) electrons. The number of thioether (sulfide) groups is 1. The van der Waals surface area contributed by atoms with Gasteiger partial charge in [-0.05, 0) is 67.8 Å². The van der Waals surface area contributed by atoms with Crippen molar-refractivity contribution >= 4 is 17.7 Å². The molecule has 2 N–H and O–H groups in total. The molecule has 4 saturated carbocycles. The first-order valence-electron chi connectivity index (χ1n) is 8.55. The molecule has 0 aliphatic heterocycles. The summed E-state index contributed by atoms with van der Waals surface area (Å²) < 4.78 is 0. The Bertz CT molecular complexity index is 622. The van der Waals surface area contributed by atoms with Crippen LogP contribution in [0.5, 0.6) is 0 Å². The third-order valence-corrected chi connectivity index (χ3v) is 6.79. The van der Waals surface area contributed by atoms with Gasteiger partial charge >= 0.3 is 5.69 Å². The molecule has 0 spiro atoms. The minimum absolute atomic E-state index is 0.0587. The Balaban J connectivity index is 1.29. The summed E-state index contributed by atoms with van der Waals surface area (Å²) in [4.78, 5) is 29.5. The van der Waals surface area contributed by atoms with E-state index in [9.17, 15) is 9.59 Å². The number of nitrogens with one attached hydrogen (secondary N) is 2. The summed E-state index contributed by atoms with van der Waals surface area (Å²) in [5.41, 5.74) is 0.00374. The summed E-state index contributed by atoms with van der Waals surface area (Å²) in [6, 6.07) is 1.72. The van der Waals surface area contributed by atoms with Crippen molar-refractivity contribution in [1.82, 2.24) is 15.3 Å². The van der Waals surface area contributed by atoms with Crippen LogP contribution in [0.2, 0.25) is 0 Å². The van der Waals surface area contributed by atoms with Crippen molar-refractivity contribution in [2.75, 3.05) is 12.3 Å². The topological polar surface area (TPSA) is 74.8 Å². The molecule has 1 heterocycles. The minimum atomic E-state index is -0.371. The van der Waals surface area contributed by atoms with Gasteiger partial charge in [-0.25, -0.2) is 9.78 Å². The van der Waals surface area contributed by atoms with Crippen molar-refractivity contribution in [3.63, 3.8) is 0 Å². The Morgan fingerprint density at radius 2 is 1.91 bits per heavy atom. The van der Waals surface area contributed by atoms with Crippen LogP contribution in [0.3, 0.4) is 0 Å². The SMILES string of the molecule is O=C(CSc1ccnc(=O)[nH]1)NCC12CC3CC(CC(C3)C1)C2. The molecule has 23 heavy (non-hydrogen) atoms. The van der Waals surface area contributed by atoms with Crippen LogP contribution in [0, 0.1) is 23.2 Å². The molecule has 0 aromatic carbocycles. The van der Waals surface area contributed by atoms with Crippen molar-refractivity contribution in [3.05, 3.63) is 22.7 Å². The maximum Gasteiger partial charge on any atom is 0.345 e. The standard InChI is InChI=1S/C17H23N3O2S/c21-14(9-23-15-1-2-18-16(22)20-15)19-10-17-6-11-3-12(7-17)5-13(4-11)8-17/h1-2,11-13H,3-10H2,(H,19,21)(H,18,20,22). The van der Waals surface area contributed by atoms with Gasteiger partial charge in [-0.3, -0.25) is 4.79 Å². The molecule has 124 valence electrons. The van der Waals surface area contributed by atoms with Crippen LogP contribution in [0.25, 0.3) is 0 Å². The summed E-state index contributed by atoms with van der Waals surface area (Å²) in [7, 11) is 0. The maximum atomic E-state index is 12.2. The van der Waals surface area contributed by atoms with Gasteiger partial charge in [0, 0.05) is 12.7 Å². The molecule has 4 aliphatic rings. The number of aromatic amines is 1. The highest BCUT2D eigenvalue weighted by Crippen LogP contribution is 2.59. The van der Waals surface area contributed by atoms with Gasteiger partial charge in [0.1, 0.15) is 0 Å². The second-order valence-corrected chi connectivity index (χ2v) is 8.74. The highest BCUT2D eigenvalue weighted by molar-refractivity contribution is 7.99. The zero-order chi connectivity index (χ0) is 15.9. The number of H-pyrrole nitrogens is 1. The maximum absolute atomic E-state index is 12.2. The molecule has 5 rings (SSSR count). The number of nitrogens with zero attached hydrogens (tertiary/aromatic N) is 1. The first-order valence-corrected chi connectivity index (χ1v) is 9.54. The molecule has 1 amide bonds. The summed E-state index contributed by atoms with van der Waals surface area (Å²) >= 11 is 1.35. The molecule has 1 aromatic rings. The molecular weight excluding hydrogens is 310 g/mol. The number of rotatable bonds is 5. The van der Waals surface area contributed by atoms with Gasteiger partial charge < -0.3 is 10.3 Å². The van der Waals surface area contributed by atoms with Gasteiger partial charge in [0.15, 0.2) is 0 Å². The second-order valence-electron chi connectivity index (χ2n) is 7.72. The van der Waals surface area contributed by atoms with Crippen molar-refractivity contribution in [1.29, 1.82) is 0 Å². The average Bonchev–Trinajstić information content (AvgIpc) is 2.50. The first kappa shape index (κ1) is 15.2. The molecule has 1 aromatic heterocycles. The lowest BCUT2D eigenvalue weighted by atomic mass is 9.49. The normalized spacial score (nSPS) is 34.5. The van der Waals surface area contributed by atoms with Gasteiger partial charge in [-0.15, -0.1) is 0 Å². The van der Waals surface area contributed by atoms with Gasteiger partial charge in [-0.1, -0.05) is 11.8 Å². The molecule has 4 fully saturated rings. The van der Waals surface area contributed by atoms with E-state index in [1.54, 1.807) is 6.07 Å². The van der Waals surface area contributed by atoms with E-state index in [-0.39, 0.29) is 11.6 Å². The lowest BCUT2D eigenvalue weighted by Gasteiger charge is -2.56. The number of hydrogen-bond donors (Lipinski definition) is 2. The number of hydrogen-bond acceptors (Lipinski definition) is 4. The fourth-order valence-electron chi connectivity index (χ4n) is 5.42. The van der Waals surface area contributed by atoms with E-state index in [0.29, 0.717) is 16.2 Å². The van der Waals surface area contributed by atoms with Crippen molar-refractivity contribution in [3.8, 4) is 0 Å². The quantitative estimate of drug-likeness (QED) is 0.640. The molecule has 4 aliphatic carbocycles. The summed E-state index contributed by atoms with van der Waals surface area (Å²) in [6.45, 7) is 0.836. The fraction of sp³-hybridized carbons (Fsp3) is 0.706. The van der Waals surface area contributed by atoms with Crippen LogP contribution in [0.1, 0.15) is 38.5 Å². The lowest BCUT2D eigenvalue weighted by Crippen LogP contribution is -2.51. The number of aromatic nitrogens is 2. The van der Waals surface area contributed by atoms with E-state index in [0.717, 1.165) is 24.3 Å². The smallest absolute Gasteiger partial charge is 0.345 e. The Morgan fingerprint density at radius 1 is 1.26 bits per heavy atom. The van der Waals surface area contributed by atoms with E-state index in [2.05, 4.69) is 15.3 Å². The third kappa shape index (κ3) is 3.32. The monoisotopic (exact) mass is 333 g/mol. The predicted octanol–water partition coefficient (Wildman–Crippen LogP) is 2.19. The highest BCUT2D eigenvalue weighted by Gasteiger charge is 2.50. The van der Waals surface area contributed by atoms with Crippen LogP contribution in [0.15, 0.2) is 22.1 Å². The van der Waals surface area contributed by atoms with Gasteiger partial charge in [-0.2, -0.15) is 0 Å². The fourth-order valence-corrected chi connectivity index (χ4v) is 6.13. The van der Waals surface area contributed by atoms with Crippen molar-refractivity contribution < 1.29 is 4.79 Å². The molecule has 0 saturated heterocycles. The average molecular weight is 333 g/mol. The lowest BCUT2D eigenvalue weighted by molar-refractivity contribution is -0.120. The van der Waals surface area contributed by atoms with Crippen LogP contribution in [-0.2, 0) is 4.79 Å². The Kier molecular flexibility index (Phi) is 3.95. The Hall–Kier alpha value is -1.30. The summed E-state index contributed by atoms with van der Waals surface area (Å²) in [5.74, 6) is 3.13. The van der Waals surface area contributed by atoms with Crippen LogP contribution in [0.4, 0.5) is 0 Å².